The predicted octanol–water partition coefficient (Wildman–Crippen LogP) is 3.21. The Morgan fingerprint density at radius 2 is 1.68 bits per heavy atom. The Bertz CT molecular complexity index is 1100. The molecule has 0 spiro atoms. The molecule has 0 aromatic heterocycles. The van der Waals surface area contributed by atoms with Crippen molar-refractivity contribution in [2.75, 3.05) is 4.90 Å². The molecule has 7 nitrogen and oxygen atoms in total. The molecule has 2 fully saturated rings. The Balaban J connectivity index is 1.63. The van der Waals surface area contributed by atoms with Crippen molar-refractivity contribution in [1.29, 1.82) is 0 Å². The van der Waals surface area contributed by atoms with Gasteiger partial charge in [-0.3, -0.25) is 24.5 Å². The number of benzene rings is 2. The van der Waals surface area contributed by atoms with Gasteiger partial charge in [0.15, 0.2) is 0 Å². The molecule has 1 aliphatic heterocycles. The Kier molecular flexibility index (Phi) is 3.49. The molecular weight excluding hydrogens is 384 g/mol. The summed E-state index contributed by atoms with van der Waals surface area (Å²) in [5.74, 6) is -3.30. The lowest BCUT2D eigenvalue weighted by molar-refractivity contribution is -0.384. The van der Waals surface area contributed by atoms with Crippen LogP contribution >= 0.6 is 11.6 Å². The molecule has 0 N–H and O–H groups in total. The van der Waals surface area contributed by atoms with Crippen LogP contribution in [0.1, 0.15) is 29.4 Å². The van der Waals surface area contributed by atoms with Gasteiger partial charge in [0.05, 0.1) is 28.4 Å². The van der Waals surface area contributed by atoms with E-state index >= 15 is 0 Å². The van der Waals surface area contributed by atoms with Crippen molar-refractivity contribution in [2.24, 2.45) is 11.8 Å². The van der Waals surface area contributed by atoms with E-state index in [-0.39, 0.29) is 34.5 Å². The van der Waals surface area contributed by atoms with Gasteiger partial charge in [0, 0.05) is 18.4 Å². The maximum absolute atomic E-state index is 13.2. The lowest BCUT2D eigenvalue weighted by Gasteiger charge is -2.43. The van der Waals surface area contributed by atoms with Crippen LogP contribution in [0.4, 0.5) is 11.4 Å². The average Bonchev–Trinajstić information content (AvgIpc) is 2.94. The fraction of sp³-hybridized carbons (Fsp3) is 0.250. The third kappa shape index (κ3) is 2.08. The maximum atomic E-state index is 13.2. The summed E-state index contributed by atoms with van der Waals surface area (Å²) in [7, 11) is 0. The van der Waals surface area contributed by atoms with E-state index in [0.717, 1.165) is 22.1 Å². The Labute approximate surface area is 164 Å². The molecule has 2 amide bonds. The van der Waals surface area contributed by atoms with Gasteiger partial charge in [0.25, 0.3) is 5.69 Å². The van der Waals surface area contributed by atoms with E-state index in [0.29, 0.717) is 0 Å². The minimum atomic E-state index is -0.761. The number of hydrogen-bond acceptors (Lipinski definition) is 5. The Hall–Kier alpha value is -3.06. The summed E-state index contributed by atoms with van der Waals surface area (Å²) in [6, 6.07) is 11.3. The van der Waals surface area contributed by atoms with E-state index in [4.69, 9.17) is 11.6 Å². The van der Waals surface area contributed by atoms with Crippen molar-refractivity contribution in [1.82, 2.24) is 0 Å². The van der Waals surface area contributed by atoms with Gasteiger partial charge in [0.2, 0.25) is 11.8 Å². The SMILES string of the molecule is O=C1C[C@H]2c3ccccc3[C@H]1[C@H]1C(=O)N(c3ccc(Cl)c([N+](=O)[O-])c3)C(=O)[C@H]12. The average molecular weight is 397 g/mol. The number of nitrogens with zero attached hydrogens (tertiary/aromatic N) is 2. The highest BCUT2D eigenvalue weighted by Crippen LogP contribution is 2.57. The van der Waals surface area contributed by atoms with Crippen molar-refractivity contribution >= 4 is 40.6 Å². The number of carbonyl (C=O) groups excluding carboxylic acids is 3. The van der Waals surface area contributed by atoms with Gasteiger partial charge in [-0.05, 0) is 23.3 Å². The number of anilines is 1. The molecule has 1 saturated carbocycles. The quantitative estimate of drug-likeness (QED) is 0.441. The van der Waals surface area contributed by atoms with Gasteiger partial charge in [-0.25, -0.2) is 4.90 Å². The van der Waals surface area contributed by atoms with E-state index in [2.05, 4.69) is 0 Å². The van der Waals surface area contributed by atoms with Crippen LogP contribution in [0.5, 0.6) is 0 Å². The van der Waals surface area contributed by atoms with Crippen LogP contribution in [0.25, 0.3) is 0 Å². The van der Waals surface area contributed by atoms with E-state index in [1.165, 1.54) is 12.1 Å². The van der Waals surface area contributed by atoms with Crippen LogP contribution in [0.2, 0.25) is 5.02 Å². The standard InChI is InChI=1S/C20H13ClN2O5/c21-13-6-5-9(7-14(13)23(27)28)22-19(25)17-12-8-15(24)16(18(17)20(22)26)11-4-2-1-3-10(11)12/h1-7,12,16-18H,8H2/t12-,16+,17-,18+/m0/s1. The van der Waals surface area contributed by atoms with E-state index in [1.54, 1.807) is 0 Å². The van der Waals surface area contributed by atoms with Crippen LogP contribution in [-0.2, 0) is 14.4 Å². The smallest absolute Gasteiger partial charge is 0.289 e. The molecule has 140 valence electrons. The summed E-state index contributed by atoms with van der Waals surface area (Å²) in [5.41, 5.74) is 1.49. The summed E-state index contributed by atoms with van der Waals surface area (Å²) in [4.78, 5) is 50.6. The predicted molar refractivity (Wildman–Crippen MR) is 99.1 cm³/mol. The number of ketones is 1. The van der Waals surface area contributed by atoms with Crippen LogP contribution in [0.15, 0.2) is 42.5 Å². The lowest BCUT2D eigenvalue weighted by atomic mass is 9.56. The number of halogens is 1. The third-order valence-electron chi connectivity index (χ3n) is 6.07. The van der Waals surface area contributed by atoms with Crippen LogP contribution in [-0.4, -0.2) is 22.5 Å². The molecule has 0 radical (unpaired) electrons. The zero-order valence-corrected chi connectivity index (χ0v) is 15.1. The number of imide groups is 1. The summed E-state index contributed by atoms with van der Waals surface area (Å²) >= 11 is 5.85. The molecule has 2 aromatic carbocycles. The van der Waals surface area contributed by atoms with Crippen molar-refractivity contribution in [3.8, 4) is 0 Å². The van der Waals surface area contributed by atoms with Gasteiger partial charge in [0.1, 0.15) is 10.8 Å². The number of fused-ring (bicyclic) bond motifs is 1. The highest BCUT2D eigenvalue weighted by molar-refractivity contribution is 6.33. The van der Waals surface area contributed by atoms with Gasteiger partial charge < -0.3 is 0 Å². The molecule has 6 rings (SSSR count). The second-order valence-electron chi connectivity index (χ2n) is 7.34. The number of Topliss-reactive ketones (excluding diaryl/α,β-unsaturated/α-hetero) is 1. The van der Waals surface area contributed by atoms with Crippen LogP contribution < -0.4 is 4.90 Å². The number of amides is 2. The van der Waals surface area contributed by atoms with Crippen molar-refractivity contribution < 1.29 is 19.3 Å². The molecule has 1 saturated heterocycles. The largest absolute Gasteiger partial charge is 0.299 e. The molecular formula is C20H13ClN2O5. The molecule has 0 unspecified atom stereocenters. The van der Waals surface area contributed by atoms with Gasteiger partial charge in [-0.2, -0.15) is 0 Å². The third-order valence-corrected chi connectivity index (χ3v) is 6.39. The fourth-order valence-corrected chi connectivity index (χ4v) is 5.18. The first kappa shape index (κ1) is 17.1. The summed E-state index contributed by atoms with van der Waals surface area (Å²) in [6.07, 6.45) is 0.233. The Morgan fingerprint density at radius 3 is 2.39 bits per heavy atom. The normalized spacial score (nSPS) is 27.8. The molecule has 4 aliphatic rings. The number of rotatable bonds is 2. The van der Waals surface area contributed by atoms with E-state index in [1.807, 2.05) is 24.3 Å². The monoisotopic (exact) mass is 396 g/mol. The number of hydrogen-bond donors (Lipinski definition) is 0. The van der Waals surface area contributed by atoms with Crippen molar-refractivity contribution in [3.63, 3.8) is 0 Å². The first-order chi connectivity index (χ1) is 13.4. The highest BCUT2D eigenvalue weighted by atomic mass is 35.5. The summed E-state index contributed by atoms with van der Waals surface area (Å²) in [5, 5.41) is 11.1. The van der Waals surface area contributed by atoms with Crippen LogP contribution in [0.3, 0.4) is 0 Å². The number of carbonyl (C=O) groups is 3. The maximum Gasteiger partial charge on any atom is 0.289 e. The molecule has 4 atom stereocenters. The Morgan fingerprint density at radius 1 is 1.00 bits per heavy atom. The van der Waals surface area contributed by atoms with Crippen LogP contribution in [0, 0.1) is 22.0 Å². The minimum absolute atomic E-state index is 0.0324. The molecule has 3 aliphatic carbocycles. The van der Waals surface area contributed by atoms with Gasteiger partial charge in [-0.1, -0.05) is 35.9 Å². The van der Waals surface area contributed by atoms with Crippen molar-refractivity contribution in [3.05, 3.63) is 68.7 Å². The molecule has 28 heavy (non-hydrogen) atoms. The summed E-state index contributed by atoms with van der Waals surface area (Å²) in [6.45, 7) is 0. The highest BCUT2D eigenvalue weighted by Gasteiger charge is 2.62. The number of nitro benzene ring substituents is 1. The number of nitro groups is 1. The van der Waals surface area contributed by atoms with Gasteiger partial charge >= 0.3 is 0 Å². The van der Waals surface area contributed by atoms with Crippen molar-refractivity contribution in [2.45, 2.75) is 18.3 Å². The molecule has 8 heteroatoms. The molecule has 2 bridgehead atoms. The van der Waals surface area contributed by atoms with E-state index in [9.17, 15) is 24.5 Å². The minimum Gasteiger partial charge on any atom is -0.299 e. The first-order valence-electron chi connectivity index (χ1n) is 8.83. The lowest BCUT2D eigenvalue weighted by Crippen LogP contribution is -2.44. The zero-order chi connectivity index (χ0) is 19.7. The first-order valence-corrected chi connectivity index (χ1v) is 9.21. The second kappa shape index (κ2) is 5.72. The van der Waals surface area contributed by atoms with Gasteiger partial charge in [-0.15, -0.1) is 0 Å². The molecule has 1 heterocycles. The fourth-order valence-electron chi connectivity index (χ4n) is 4.99. The topological polar surface area (TPSA) is 97.6 Å². The summed E-state index contributed by atoms with van der Waals surface area (Å²) < 4.78 is 0. The second-order valence-corrected chi connectivity index (χ2v) is 7.75. The van der Waals surface area contributed by atoms with E-state index < -0.39 is 34.5 Å². The zero-order valence-electron chi connectivity index (χ0n) is 14.4. The molecule has 2 aromatic rings.